The number of carboxylic acids is 1. The fourth-order valence-electron chi connectivity index (χ4n) is 2.23. The largest absolute Gasteiger partial charge is 0.480 e. The first-order valence-corrected chi connectivity index (χ1v) is 5.85. The molecule has 1 aromatic rings. The number of likely N-dealkylation sites (tertiary alicyclic amines) is 1. The maximum Gasteiger partial charge on any atom is 0.326 e. The predicted molar refractivity (Wildman–Crippen MR) is 64.3 cm³/mol. The zero-order valence-electron chi connectivity index (χ0n) is 10.3. The van der Waals surface area contributed by atoms with Crippen LogP contribution >= 0.6 is 0 Å². The van der Waals surface area contributed by atoms with Crippen molar-refractivity contribution in [3.05, 3.63) is 39.7 Å². The lowest BCUT2D eigenvalue weighted by molar-refractivity contribution is -0.385. The molecule has 1 heterocycles. The Balaban J connectivity index is 2.33. The fourth-order valence-corrected chi connectivity index (χ4v) is 2.23. The number of aliphatic carboxylic acids is 1. The van der Waals surface area contributed by atoms with Crippen LogP contribution in [0.1, 0.15) is 18.4 Å². The monoisotopic (exact) mass is 282 g/mol. The second-order valence-corrected chi connectivity index (χ2v) is 4.44. The van der Waals surface area contributed by atoms with Gasteiger partial charge in [0.2, 0.25) is 5.91 Å². The van der Waals surface area contributed by atoms with Crippen molar-refractivity contribution in [2.24, 2.45) is 0 Å². The van der Waals surface area contributed by atoms with Crippen LogP contribution in [-0.4, -0.2) is 32.8 Å². The molecule has 2 rings (SSSR count). The van der Waals surface area contributed by atoms with Crippen LogP contribution in [0.25, 0.3) is 0 Å². The van der Waals surface area contributed by atoms with Gasteiger partial charge in [0.25, 0.3) is 5.69 Å². The summed E-state index contributed by atoms with van der Waals surface area (Å²) in [6.07, 6.45) is 0.220. The number of nitrogens with zero attached hydrogens (tertiary/aromatic N) is 2. The number of carbonyl (C=O) groups excluding carboxylic acids is 1. The van der Waals surface area contributed by atoms with Crippen LogP contribution in [0, 0.1) is 15.9 Å². The average Bonchev–Trinajstić information content (AvgIpc) is 2.71. The molecule has 0 aliphatic carbocycles. The molecule has 0 spiro atoms. The van der Waals surface area contributed by atoms with E-state index in [-0.39, 0.29) is 30.6 Å². The van der Waals surface area contributed by atoms with Crippen molar-refractivity contribution in [3.63, 3.8) is 0 Å². The number of nitro groups is 1. The smallest absolute Gasteiger partial charge is 0.326 e. The highest BCUT2D eigenvalue weighted by Crippen LogP contribution is 2.26. The molecular formula is C12H11FN2O5. The van der Waals surface area contributed by atoms with Gasteiger partial charge in [0.05, 0.1) is 17.0 Å². The van der Waals surface area contributed by atoms with Gasteiger partial charge >= 0.3 is 5.97 Å². The van der Waals surface area contributed by atoms with Gasteiger partial charge in [0.1, 0.15) is 11.9 Å². The SMILES string of the molecule is O=C(O)C1CCC(=O)N1Cc1cc(F)ccc1[N+](=O)[O-]. The topological polar surface area (TPSA) is 101 Å². The highest BCUT2D eigenvalue weighted by Gasteiger charge is 2.36. The quantitative estimate of drug-likeness (QED) is 0.662. The van der Waals surface area contributed by atoms with Crippen molar-refractivity contribution in [2.45, 2.75) is 25.4 Å². The van der Waals surface area contributed by atoms with E-state index in [0.717, 1.165) is 23.1 Å². The second kappa shape index (κ2) is 5.24. The zero-order valence-corrected chi connectivity index (χ0v) is 10.3. The van der Waals surface area contributed by atoms with Gasteiger partial charge in [-0.3, -0.25) is 14.9 Å². The first-order chi connectivity index (χ1) is 9.40. The minimum absolute atomic E-state index is 0.0171. The molecule has 7 nitrogen and oxygen atoms in total. The standard InChI is InChI=1S/C12H11FN2O5/c13-8-1-2-9(15(19)20)7(5-8)6-14-10(12(17)18)3-4-11(14)16/h1-2,5,10H,3-4,6H2,(H,17,18). The molecule has 1 aromatic carbocycles. The Morgan fingerprint density at radius 3 is 2.85 bits per heavy atom. The van der Waals surface area contributed by atoms with E-state index in [1.165, 1.54) is 0 Å². The summed E-state index contributed by atoms with van der Waals surface area (Å²) < 4.78 is 13.2. The average molecular weight is 282 g/mol. The molecule has 0 bridgehead atoms. The Labute approximate surface area is 112 Å². The van der Waals surface area contributed by atoms with Crippen LogP contribution in [-0.2, 0) is 16.1 Å². The summed E-state index contributed by atoms with van der Waals surface area (Å²) >= 11 is 0. The molecule has 1 unspecified atom stereocenters. The van der Waals surface area contributed by atoms with Crippen LogP contribution < -0.4 is 0 Å². The molecule has 1 N–H and O–H groups in total. The molecule has 1 saturated heterocycles. The Hall–Kier alpha value is -2.51. The summed E-state index contributed by atoms with van der Waals surface area (Å²) in [5.41, 5.74) is -0.355. The summed E-state index contributed by atoms with van der Waals surface area (Å²) in [7, 11) is 0. The van der Waals surface area contributed by atoms with Gasteiger partial charge in [-0.25, -0.2) is 9.18 Å². The summed E-state index contributed by atoms with van der Waals surface area (Å²) in [5.74, 6) is -2.25. The van der Waals surface area contributed by atoms with E-state index in [2.05, 4.69) is 0 Å². The predicted octanol–water partition coefficient (Wildman–Crippen LogP) is 1.31. The van der Waals surface area contributed by atoms with Gasteiger partial charge in [-0.1, -0.05) is 0 Å². The number of nitro benzene ring substituents is 1. The molecule has 1 atom stereocenters. The Bertz CT molecular complexity index is 589. The number of hydrogen-bond acceptors (Lipinski definition) is 4. The number of halogens is 1. The fraction of sp³-hybridized carbons (Fsp3) is 0.333. The van der Waals surface area contributed by atoms with Gasteiger partial charge in [-0.2, -0.15) is 0 Å². The van der Waals surface area contributed by atoms with Crippen molar-refractivity contribution in [1.82, 2.24) is 4.90 Å². The second-order valence-electron chi connectivity index (χ2n) is 4.44. The van der Waals surface area contributed by atoms with Crippen LogP contribution in [0.4, 0.5) is 10.1 Å². The van der Waals surface area contributed by atoms with Crippen LogP contribution in [0.2, 0.25) is 0 Å². The van der Waals surface area contributed by atoms with Crippen LogP contribution in [0.5, 0.6) is 0 Å². The highest BCUT2D eigenvalue weighted by atomic mass is 19.1. The van der Waals surface area contributed by atoms with E-state index in [4.69, 9.17) is 5.11 Å². The third kappa shape index (κ3) is 2.58. The van der Waals surface area contributed by atoms with Gasteiger partial charge in [-0.15, -0.1) is 0 Å². The first kappa shape index (κ1) is 13.9. The molecular weight excluding hydrogens is 271 g/mol. The van der Waals surface area contributed by atoms with Crippen molar-refractivity contribution in [1.29, 1.82) is 0 Å². The maximum absolute atomic E-state index is 13.2. The first-order valence-electron chi connectivity index (χ1n) is 5.85. The lowest BCUT2D eigenvalue weighted by Crippen LogP contribution is -2.38. The van der Waals surface area contributed by atoms with Gasteiger partial charge in [-0.05, 0) is 18.6 Å². The van der Waals surface area contributed by atoms with E-state index >= 15 is 0 Å². The van der Waals surface area contributed by atoms with Crippen molar-refractivity contribution < 1.29 is 24.0 Å². The Morgan fingerprint density at radius 2 is 2.25 bits per heavy atom. The molecule has 0 aromatic heterocycles. The van der Waals surface area contributed by atoms with Crippen molar-refractivity contribution >= 4 is 17.6 Å². The molecule has 1 fully saturated rings. The molecule has 0 saturated carbocycles. The lowest BCUT2D eigenvalue weighted by atomic mass is 10.1. The summed E-state index contributed by atoms with van der Waals surface area (Å²) in [6, 6.07) is 1.87. The third-order valence-electron chi connectivity index (χ3n) is 3.19. The molecule has 1 amide bonds. The van der Waals surface area contributed by atoms with Crippen LogP contribution in [0.3, 0.4) is 0 Å². The molecule has 0 radical (unpaired) electrons. The summed E-state index contributed by atoms with van der Waals surface area (Å²) in [6.45, 7) is -0.288. The number of hydrogen-bond donors (Lipinski definition) is 1. The molecule has 106 valence electrons. The molecule has 8 heteroatoms. The minimum Gasteiger partial charge on any atom is -0.480 e. The van der Waals surface area contributed by atoms with E-state index in [1.807, 2.05) is 0 Å². The summed E-state index contributed by atoms with van der Waals surface area (Å²) in [5, 5.41) is 19.9. The number of amides is 1. The zero-order chi connectivity index (χ0) is 14.9. The Morgan fingerprint density at radius 1 is 1.55 bits per heavy atom. The summed E-state index contributed by atoms with van der Waals surface area (Å²) in [4.78, 5) is 33.9. The number of benzene rings is 1. The molecule has 1 aliphatic rings. The van der Waals surface area contributed by atoms with E-state index in [9.17, 15) is 24.1 Å². The van der Waals surface area contributed by atoms with Gasteiger partial charge in [0, 0.05) is 12.5 Å². The van der Waals surface area contributed by atoms with Crippen molar-refractivity contribution in [2.75, 3.05) is 0 Å². The van der Waals surface area contributed by atoms with E-state index in [1.54, 1.807) is 0 Å². The minimum atomic E-state index is -1.17. The number of carboxylic acid groups (broad SMARTS) is 1. The lowest BCUT2D eigenvalue weighted by Gasteiger charge is -2.21. The number of carbonyl (C=O) groups is 2. The van der Waals surface area contributed by atoms with Gasteiger partial charge in [0.15, 0.2) is 0 Å². The third-order valence-corrected chi connectivity index (χ3v) is 3.19. The normalized spacial score (nSPS) is 18.4. The van der Waals surface area contributed by atoms with E-state index in [0.29, 0.717) is 0 Å². The van der Waals surface area contributed by atoms with Gasteiger partial charge < -0.3 is 10.0 Å². The molecule has 1 aliphatic heterocycles. The van der Waals surface area contributed by atoms with Crippen molar-refractivity contribution in [3.8, 4) is 0 Å². The van der Waals surface area contributed by atoms with E-state index < -0.39 is 28.7 Å². The molecule has 20 heavy (non-hydrogen) atoms. The maximum atomic E-state index is 13.2. The Kier molecular flexibility index (Phi) is 3.64. The highest BCUT2D eigenvalue weighted by molar-refractivity contribution is 5.87. The number of rotatable bonds is 4. The van der Waals surface area contributed by atoms with Crippen LogP contribution in [0.15, 0.2) is 18.2 Å².